The molecular weight excluding hydrogens is 395 g/mol. The molecule has 170 valence electrons. The third kappa shape index (κ3) is 6.63. The van der Waals surface area contributed by atoms with Gasteiger partial charge in [-0.05, 0) is 68.6 Å². The topological polar surface area (TPSA) is 49.9 Å². The van der Waals surface area contributed by atoms with Gasteiger partial charge in [-0.2, -0.15) is 0 Å². The Morgan fingerprint density at radius 3 is 2.52 bits per heavy atom. The van der Waals surface area contributed by atoms with Crippen molar-refractivity contribution in [1.29, 1.82) is 0 Å². The van der Waals surface area contributed by atoms with Crippen LogP contribution in [-0.2, 0) is 20.7 Å². The van der Waals surface area contributed by atoms with E-state index in [9.17, 15) is 14.0 Å². The van der Waals surface area contributed by atoms with Gasteiger partial charge in [-0.15, -0.1) is 0 Å². The zero-order chi connectivity index (χ0) is 22.2. The average Bonchev–Trinajstić information content (AvgIpc) is 2.79. The van der Waals surface area contributed by atoms with Crippen molar-refractivity contribution in [2.45, 2.75) is 57.4 Å². The molecule has 1 aromatic carbocycles. The zero-order valence-corrected chi connectivity index (χ0v) is 18.8. The average molecular weight is 431 g/mol. The highest BCUT2D eigenvalue weighted by atomic mass is 19.1. The van der Waals surface area contributed by atoms with E-state index in [2.05, 4.69) is 6.08 Å². The van der Waals surface area contributed by atoms with E-state index in [0.29, 0.717) is 12.8 Å². The number of amides is 2. The number of halogens is 1. The fourth-order valence-corrected chi connectivity index (χ4v) is 4.80. The first-order valence-corrected chi connectivity index (χ1v) is 11.4. The van der Waals surface area contributed by atoms with E-state index >= 15 is 0 Å². The van der Waals surface area contributed by atoms with Gasteiger partial charge in [0.1, 0.15) is 12.4 Å². The fraction of sp³-hybridized carbons (Fsp3) is 0.600. The van der Waals surface area contributed by atoms with Crippen LogP contribution in [0.3, 0.4) is 0 Å². The van der Waals surface area contributed by atoms with Crippen molar-refractivity contribution in [3.63, 3.8) is 0 Å². The SMILES string of the molecule is COCC(=O)N(C)C(Cc1ccc(F)cc1)C1CCN(C(=O)CC2=CCCCC2)CC1. The molecule has 2 aliphatic rings. The summed E-state index contributed by atoms with van der Waals surface area (Å²) in [6.07, 6.45) is 9.74. The Morgan fingerprint density at radius 2 is 1.90 bits per heavy atom. The van der Waals surface area contributed by atoms with Gasteiger partial charge in [-0.25, -0.2) is 4.39 Å². The van der Waals surface area contributed by atoms with Crippen molar-refractivity contribution in [2.24, 2.45) is 5.92 Å². The number of rotatable bonds is 8. The van der Waals surface area contributed by atoms with Crippen molar-refractivity contribution in [3.8, 4) is 0 Å². The van der Waals surface area contributed by atoms with Gasteiger partial charge >= 0.3 is 0 Å². The molecule has 5 nitrogen and oxygen atoms in total. The highest BCUT2D eigenvalue weighted by Crippen LogP contribution is 2.28. The van der Waals surface area contributed by atoms with Gasteiger partial charge in [0.25, 0.3) is 0 Å². The van der Waals surface area contributed by atoms with Crippen LogP contribution in [0.1, 0.15) is 50.5 Å². The molecule has 1 heterocycles. The van der Waals surface area contributed by atoms with Crippen molar-refractivity contribution in [2.75, 3.05) is 33.9 Å². The van der Waals surface area contributed by atoms with Crippen LogP contribution in [0.15, 0.2) is 35.9 Å². The molecular formula is C25H35FN2O3. The summed E-state index contributed by atoms with van der Waals surface area (Å²) < 4.78 is 18.4. The Kier molecular flexibility index (Phi) is 8.64. The molecule has 0 aromatic heterocycles. The van der Waals surface area contributed by atoms with Crippen molar-refractivity contribution in [3.05, 3.63) is 47.3 Å². The van der Waals surface area contributed by atoms with Crippen LogP contribution in [0.5, 0.6) is 0 Å². The minimum atomic E-state index is -0.260. The number of hydrogen-bond acceptors (Lipinski definition) is 3. The molecule has 1 aromatic rings. The Balaban J connectivity index is 1.62. The van der Waals surface area contributed by atoms with Gasteiger partial charge in [0.15, 0.2) is 0 Å². The van der Waals surface area contributed by atoms with Gasteiger partial charge in [-0.1, -0.05) is 23.8 Å². The molecule has 6 heteroatoms. The number of carbonyl (C=O) groups is 2. The van der Waals surface area contributed by atoms with Gasteiger partial charge < -0.3 is 14.5 Å². The zero-order valence-electron chi connectivity index (χ0n) is 18.8. The minimum absolute atomic E-state index is 0.00795. The summed E-state index contributed by atoms with van der Waals surface area (Å²) in [7, 11) is 3.34. The predicted molar refractivity (Wildman–Crippen MR) is 119 cm³/mol. The number of ether oxygens (including phenoxy) is 1. The Bertz CT molecular complexity index is 769. The summed E-state index contributed by atoms with van der Waals surface area (Å²) in [5.74, 6) is 0.195. The first-order valence-electron chi connectivity index (χ1n) is 11.4. The maximum Gasteiger partial charge on any atom is 0.248 e. The predicted octanol–water partition coefficient (Wildman–Crippen LogP) is 3.97. The lowest BCUT2D eigenvalue weighted by molar-refractivity contribution is -0.139. The molecule has 1 saturated heterocycles. The summed E-state index contributed by atoms with van der Waals surface area (Å²) in [4.78, 5) is 29.1. The van der Waals surface area contributed by atoms with Crippen LogP contribution < -0.4 is 0 Å². The van der Waals surface area contributed by atoms with E-state index < -0.39 is 0 Å². The lowest BCUT2D eigenvalue weighted by Crippen LogP contribution is -2.49. The summed E-state index contributed by atoms with van der Waals surface area (Å²) in [6.45, 7) is 1.49. The number of piperidine rings is 1. The van der Waals surface area contributed by atoms with Crippen molar-refractivity contribution >= 4 is 11.8 Å². The molecule has 0 N–H and O–H groups in total. The number of methoxy groups -OCH3 is 1. The largest absolute Gasteiger partial charge is 0.375 e. The summed E-state index contributed by atoms with van der Waals surface area (Å²) >= 11 is 0. The monoisotopic (exact) mass is 430 g/mol. The molecule has 0 radical (unpaired) electrons. The number of likely N-dealkylation sites (N-methyl/N-ethyl adjacent to an activating group) is 1. The second kappa shape index (κ2) is 11.4. The second-order valence-corrected chi connectivity index (χ2v) is 8.84. The molecule has 2 amide bonds. The van der Waals surface area contributed by atoms with E-state index in [1.807, 2.05) is 11.9 Å². The first kappa shape index (κ1) is 23.5. The molecule has 0 saturated carbocycles. The van der Waals surface area contributed by atoms with Gasteiger partial charge in [0.2, 0.25) is 11.8 Å². The third-order valence-corrected chi connectivity index (χ3v) is 6.72. The van der Waals surface area contributed by atoms with E-state index in [1.54, 1.807) is 17.0 Å². The van der Waals surface area contributed by atoms with Crippen LogP contribution in [0, 0.1) is 11.7 Å². The van der Waals surface area contributed by atoms with E-state index in [-0.39, 0.29) is 36.2 Å². The maximum atomic E-state index is 13.3. The van der Waals surface area contributed by atoms with Crippen LogP contribution in [0.4, 0.5) is 4.39 Å². The lowest BCUT2D eigenvalue weighted by Gasteiger charge is -2.40. The Morgan fingerprint density at radius 1 is 1.19 bits per heavy atom. The highest BCUT2D eigenvalue weighted by molar-refractivity contribution is 5.79. The smallest absolute Gasteiger partial charge is 0.248 e. The van der Waals surface area contributed by atoms with Gasteiger partial charge in [-0.3, -0.25) is 9.59 Å². The minimum Gasteiger partial charge on any atom is -0.375 e. The number of benzene rings is 1. The highest BCUT2D eigenvalue weighted by Gasteiger charge is 2.32. The second-order valence-electron chi connectivity index (χ2n) is 8.84. The summed E-state index contributed by atoms with van der Waals surface area (Å²) in [5, 5.41) is 0. The molecule has 1 atom stereocenters. The normalized spacial score (nSPS) is 18.4. The van der Waals surface area contributed by atoms with Crippen LogP contribution in [0.25, 0.3) is 0 Å². The number of likely N-dealkylation sites (tertiary alicyclic amines) is 1. The molecule has 3 rings (SSSR count). The summed E-state index contributed by atoms with van der Waals surface area (Å²) in [6, 6.07) is 6.49. The quantitative estimate of drug-likeness (QED) is 0.587. The molecule has 1 aliphatic heterocycles. The summed E-state index contributed by atoms with van der Waals surface area (Å²) in [5.41, 5.74) is 2.30. The third-order valence-electron chi connectivity index (χ3n) is 6.72. The molecule has 31 heavy (non-hydrogen) atoms. The lowest BCUT2D eigenvalue weighted by atomic mass is 9.84. The Labute approximate surface area is 185 Å². The van der Waals surface area contributed by atoms with E-state index in [0.717, 1.165) is 44.3 Å². The molecule has 0 bridgehead atoms. The molecule has 1 unspecified atom stereocenters. The maximum absolute atomic E-state index is 13.3. The number of allylic oxidation sites excluding steroid dienone is 1. The number of hydrogen-bond donors (Lipinski definition) is 0. The number of carbonyl (C=O) groups excluding carboxylic acids is 2. The molecule has 0 spiro atoms. The van der Waals surface area contributed by atoms with E-state index in [4.69, 9.17) is 4.74 Å². The standard InChI is InChI=1S/C25H35FN2O3/c1-27(25(30)18-31-2)23(16-20-8-10-22(26)11-9-20)21-12-14-28(15-13-21)24(29)17-19-6-4-3-5-7-19/h6,8-11,21,23H,3-5,7,12-18H2,1-2H3. The van der Waals surface area contributed by atoms with Crippen LogP contribution in [0.2, 0.25) is 0 Å². The Hall–Kier alpha value is -2.21. The van der Waals surface area contributed by atoms with Gasteiger partial charge in [0.05, 0.1) is 0 Å². The number of nitrogens with zero attached hydrogens (tertiary/aromatic N) is 2. The molecule has 1 aliphatic carbocycles. The first-order chi connectivity index (χ1) is 15.0. The van der Waals surface area contributed by atoms with Crippen LogP contribution in [-0.4, -0.2) is 61.5 Å². The molecule has 1 fully saturated rings. The fourth-order valence-electron chi connectivity index (χ4n) is 4.80. The van der Waals surface area contributed by atoms with Crippen LogP contribution >= 0.6 is 0 Å². The van der Waals surface area contributed by atoms with Crippen molar-refractivity contribution < 1.29 is 18.7 Å². The van der Waals surface area contributed by atoms with Crippen molar-refractivity contribution in [1.82, 2.24) is 9.80 Å². The van der Waals surface area contributed by atoms with Gasteiger partial charge in [0, 0.05) is 39.7 Å². The van der Waals surface area contributed by atoms with E-state index in [1.165, 1.54) is 37.7 Å².